The number of amides is 1. The standard InChI is InChI=1S/C24H22N2O5S/c1-17-12-13-20(21(14-17)26(29)30)25-22(27)15-31-23(28)16-32-24(18-8-4-2-5-9-18)19-10-6-3-7-11-19/h2-14,24H,15-16H2,1H3,(H,25,27). The van der Waals surface area contributed by atoms with Gasteiger partial charge in [-0.25, -0.2) is 0 Å². The van der Waals surface area contributed by atoms with E-state index in [4.69, 9.17) is 4.74 Å². The monoisotopic (exact) mass is 450 g/mol. The Bertz CT molecular complexity index is 1050. The molecule has 0 aromatic heterocycles. The van der Waals surface area contributed by atoms with Crippen molar-refractivity contribution in [2.75, 3.05) is 17.7 Å². The van der Waals surface area contributed by atoms with Crippen LogP contribution in [0.25, 0.3) is 0 Å². The molecule has 7 nitrogen and oxygen atoms in total. The SMILES string of the molecule is Cc1ccc(NC(=O)COC(=O)CSC(c2ccccc2)c2ccccc2)c([N+](=O)[O-])c1. The summed E-state index contributed by atoms with van der Waals surface area (Å²) in [6.45, 7) is 1.20. The number of ether oxygens (including phenoxy) is 1. The molecule has 32 heavy (non-hydrogen) atoms. The number of carbonyl (C=O) groups excluding carboxylic acids is 2. The number of esters is 1. The first kappa shape index (κ1) is 23.0. The van der Waals surface area contributed by atoms with Gasteiger partial charge in [0.15, 0.2) is 6.61 Å². The van der Waals surface area contributed by atoms with E-state index < -0.39 is 23.4 Å². The topological polar surface area (TPSA) is 98.5 Å². The average molecular weight is 451 g/mol. The van der Waals surface area contributed by atoms with Gasteiger partial charge in [-0.2, -0.15) is 0 Å². The molecule has 0 fully saturated rings. The quantitative estimate of drug-likeness (QED) is 0.283. The molecule has 0 spiro atoms. The molecule has 8 heteroatoms. The minimum atomic E-state index is -0.641. The van der Waals surface area contributed by atoms with E-state index in [9.17, 15) is 19.7 Å². The highest BCUT2D eigenvalue weighted by Gasteiger charge is 2.19. The van der Waals surface area contributed by atoms with E-state index >= 15 is 0 Å². The lowest BCUT2D eigenvalue weighted by Crippen LogP contribution is -2.22. The Morgan fingerprint density at radius 3 is 2.16 bits per heavy atom. The molecule has 3 aromatic rings. The molecule has 164 valence electrons. The van der Waals surface area contributed by atoms with Crippen LogP contribution in [0.15, 0.2) is 78.9 Å². The van der Waals surface area contributed by atoms with Crippen molar-refractivity contribution in [2.45, 2.75) is 12.2 Å². The van der Waals surface area contributed by atoms with Crippen molar-refractivity contribution in [1.29, 1.82) is 0 Å². The fourth-order valence-electron chi connectivity index (χ4n) is 3.06. The second-order valence-electron chi connectivity index (χ2n) is 7.00. The van der Waals surface area contributed by atoms with Crippen molar-refractivity contribution in [3.05, 3.63) is 106 Å². The fourth-order valence-corrected chi connectivity index (χ4v) is 4.15. The van der Waals surface area contributed by atoms with Gasteiger partial charge in [-0.05, 0) is 29.7 Å². The number of benzene rings is 3. The molecule has 0 aliphatic heterocycles. The van der Waals surface area contributed by atoms with Gasteiger partial charge in [-0.1, -0.05) is 66.7 Å². The molecular weight excluding hydrogens is 428 g/mol. The molecule has 0 radical (unpaired) electrons. The minimum Gasteiger partial charge on any atom is -0.455 e. The summed E-state index contributed by atoms with van der Waals surface area (Å²) in [4.78, 5) is 35.0. The van der Waals surface area contributed by atoms with Gasteiger partial charge in [0.05, 0.1) is 15.9 Å². The lowest BCUT2D eigenvalue weighted by atomic mass is 10.0. The molecule has 0 saturated carbocycles. The molecule has 0 saturated heterocycles. The molecule has 0 heterocycles. The van der Waals surface area contributed by atoms with Crippen LogP contribution in [0.1, 0.15) is 21.9 Å². The van der Waals surface area contributed by atoms with Crippen molar-refractivity contribution >= 4 is 35.0 Å². The molecule has 3 aromatic carbocycles. The number of rotatable bonds is 9. The first-order valence-corrected chi connectivity index (χ1v) is 10.9. The first-order chi connectivity index (χ1) is 15.4. The zero-order valence-corrected chi connectivity index (χ0v) is 18.2. The average Bonchev–Trinajstić information content (AvgIpc) is 2.80. The number of hydrogen-bond acceptors (Lipinski definition) is 6. The Morgan fingerprint density at radius 1 is 1.00 bits per heavy atom. The van der Waals surface area contributed by atoms with Crippen LogP contribution in [0.5, 0.6) is 0 Å². The van der Waals surface area contributed by atoms with Gasteiger partial charge in [0, 0.05) is 6.07 Å². The molecule has 0 unspecified atom stereocenters. The highest BCUT2D eigenvalue weighted by Crippen LogP contribution is 2.35. The van der Waals surface area contributed by atoms with Crippen LogP contribution in [-0.4, -0.2) is 29.2 Å². The maximum Gasteiger partial charge on any atom is 0.316 e. The van der Waals surface area contributed by atoms with Crippen molar-refractivity contribution in [3.63, 3.8) is 0 Å². The number of nitrogens with zero attached hydrogens (tertiary/aromatic N) is 1. The van der Waals surface area contributed by atoms with Crippen LogP contribution < -0.4 is 5.32 Å². The van der Waals surface area contributed by atoms with Crippen LogP contribution in [0, 0.1) is 17.0 Å². The lowest BCUT2D eigenvalue weighted by Gasteiger charge is -2.17. The number of hydrogen-bond donors (Lipinski definition) is 1. The van der Waals surface area contributed by atoms with E-state index in [0.717, 1.165) is 11.1 Å². The second-order valence-corrected chi connectivity index (χ2v) is 8.09. The Labute approximate surface area is 189 Å². The summed E-state index contributed by atoms with van der Waals surface area (Å²) in [7, 11) is 0. The summed E-state index contributed by atoms with van der Waals surface area (Å²) in [5.41, 5.74) is 2.66. The van der Waals surface area contributed by atoms with E-state index in [1.165, 1.54) is 23.9 Å². The molecule has 0 aliphatic carbocycles. The summed E-state index contributed by atoms with van der Waals surface area (Å²) in [5, 5.41) is 13.5. The van der Waals surface area contributed by atoms with E-state index in [1.807, 2.05) is 60.7 Å². The third-order valence-electron chi connectivity index (χ3n) is 4.56. The smallest absolute Gasteiger partial charge is 0.316 e. The van der Waals surface area contributed by atoms with Crippen LogP contribution in [0.4, 0.5) is 11.4 Å². The summed E-state index contributed by atoms with van der Waals surface area (Å²) >= 11 is 1.40. The number of nitrogens with one attached hydrogen (secondary N) is 1. The van der Waals surface area contributed by atoms with Gasteiger partial charge in [0.2, 0.25) is 0 Å². The number of nitro groups is 1. The highest BCUT2D eigenvalue weighted by atomic mass is 32.2. The van der Waals surface area contributed by atoms with Crippen molar-refractivity contribution in [2.24, 2.45) is 0 Å². The number of thioether (sulfide) groups is 1. The van der Waals surface area contributed by atoms with Gasteiger partial charge in [0.25, 0.3) is 11.6 Å². The third kappa shape index (κ3) is 6.42. The zero-order valence-electron chi connectivity index (χ0n) is 17.4. The molecule has 0 atom stereocenters. The number of carbonyl (C=O) groups is 2. The Morgan fingerprint density at radius 2 is 1.59 bits per heavy atom. The molecule has 0 aliphatic rings. The van der Waals surface area contributed by atoms with E-state index in [0.29, 0.717) is 5.56 Å². The second kappa shape index (κ2) is 11.1. The molecule has 1 amide bonds. The van der Waals surface area contributed by atoms with Crippen LogP contribution in [0.2, 0.25) is 0 Å². The van der Waals surface area contributed by atoms with Crippen LogP contribution in [0.3, 0.4) is 0 Å². The summed E-state index contributed by atoms with van der Waals surface area (Å²) in [6, 6.07) is 24.1. The van der Waals surface area contributed by atoms with Gasteiger partial charge in [0.1, 0.15) is 5.69 Å². The largest absolute Gasteiger partial charge is 0.455 e. The predicted molar refractivity (Wildman–Crippen MR) is 125 cm³/mol. The van der Waals surface area contributed by atoms with Gasteiger partial charge in [-0.3, -0.25) is 19.7 Å². The highest BCUT2D eigenvalue weighted by molar-refractivity contribution is 8.00. The molecular formula is C24H22N2O5S. The third-order valence-corrected chi connectivity index (χ3v) is 5.84. The Hall–Kier alpha value is -3.65. The van der Waals surface area contributed by atoms with Gasteiger partial charge in [-0.15, -0.1) is 11.8 Å². The van der Waals surface area contributed by atoms with Crippen molar-refractivity contribution in [1.82, 2.24) is 0 Å². The van der Waals surface area contributed by atoms with E-state index in [2.05, 4.69) is 5.32 Å². The summed E-state index contributed by atoms with van der Waals surface area (Å²) < 4.78 is 5.08. The maximum atomic E-state index is 12.3. The molecule has 3 rings (SSSR count). The minimum absolute atomic E-state index is 0.0480. The summed E-state index contributed by atoms with van der Waals surface area (Å²) in [5.74, 6) is -1.13. The molecule has 0 bridgehead atoms. The fraction of sp³-hybridized carbons (Fsp3) is 0.167. The lowest BCUT2D eigenvalue weighted by molar-refractivity contribution is -0.384. The van der Waals surface area contributed by atoms with E-state index in [1.54, 1.807) is 13.0 Å². The van der Waals surface area contributed by atoms with Crippen LogP contribution >= 0.6 is 11.8 Å². The number of aryl methyl sites for hydroxylation is 1. The Balaban J connectivity index is 1.56. The Kier molecular flexibility index (Phi) is 7.99. The number of nitro benzene ring substituents is 1. The van der Waals surface area contributed by atoms with Gasteiger partial charge < -0.3 is 10.1 Å². The molecule has 1 N–H and O–H groups in total. The predicted octanol–water partition coefficient (Wildman–Crippen LogP) is 4.91. The maximum absolute atomic E-state index is 12.3. The zero-order chi connectivity index (χ0) is 22.9. The van der Waals surface area contributed by atoms with Gasteiger partial charge >= 0.3 is 5.97 Å². The summed E-state index contributed by atoms with van der Waals surface area (Å²) in [6.07, 6.45) is 0. The number of anilines is 1. The van der Waals surface area contributed by atoms with Crippen molar-refractivity contribution < 1.29 is 19.2 Å². The van der Waals surface area contributed by atoms with E-state index in [-0.39, 0.29) is 22.4 Å². The van der Waals surface area contributed by atoms with Crippen molar-refractivity contribution in [3.8, 4) is 0 Å². The van der Waals surface area contributed by atoms with Crippen LogP contribution in [-0.2, 0) is 14.3 Å². The normalized spacial score (nSPS) is 10.6. The first-order valence-electron chi connectivity index (χ1n) is 9.86.